The average Bonchev–Trinajstić information content (AvgIpc) is 2.85. The minimum atomic E-state index is -0.458. The molecule has 0 N–H and O–H groups in total. The lowest BCUT2D eigenvalue weighted by Crippen LogP contribution is -2.14. The third-order valence-electron chi connectivity index (χ3n) is 5.67. The molecule has 2 aromatic rings. The van der Waals surface area contributed by atoms with Crippen molar-refractivity contribution in [3.63, 3.8) is 0 Å². The van der Waals surface area contributed by atoms with E-state index in [1.54, 1.807) is 37.4 Å². The summed E-state index contributed by atoms with van der Waals surface area (Å²) in [5.74, 6) is 1.38. The first-order chi connectivity index (χ1) is 17.1. The monoisotopic (exact) mass is 466 g/mol. The van der Waals surface area contributed by atoms with Gasteiger partial charge in [0, 0.05) is 25.3 Å². The van der Waals surface area contributed by atoms with Crippen LogP contribution >= 0.6 is 0 Å². The van der Waals surface area contributed by atoms with Gasteiger partial charge in [-0.05, 0) is 54.1 Å². The number of benzene rings is 4. The number of ether oxygens (including phenoxy) is 2. The highest BCUT2D eigenvalue weighted by molar-refractivity contribution is 5.78. The summed E-state index contributed by atoms with van der Waals surface area (Å²) >= 11 is 0. The molecule has 6 rings (SSSR count). The summed E-state index contributed by atoms with van der Waals surface area (Å²) in [6.45, 7) is 0.280. The molecule has 2 aliphatic heterocycles. The predicted molar refractivity (Wildman–Crippen MR) is 129 cm³/mol. The third kappa shape index (κ3) is 4.00. The highest BCUT2D eigenvalue weighted by Crippen LogP contribution is 2.31. The van der Waals surface area contributed by atoms with Crippen LogP contribution in [-0.4, -0.2) is 23.7 Å². The first-order valence-electron chi connectivity index (χ1n) is 10.9. The molecular weight excluding hydrogens is 448 g/mol. The van der Waals surface area contributed by atoms with E-state index < -0.39 is 6.10 Å². The fourth-order valence-electron chi connectivity index (χ4n) is 3.99. The van der Waals surface area contributed by atoms with E-state index in [0.717, 1.165) is 5.56 Å². The maximum Gasteiger partial charge on any atom is 0.182 e. The van der Waals surface area contributed by atoms with Crippen molar-refractivity contribution in [1.29, 1.82) is 0 Å². The second-order valence-corrected chi connectivity index (χ2v) is 8.11. The van der Waals surface area contributed by atoms with E-state index in [9.17, 15) is 9.59 Å². The second kappa shape index (κ2) is 8.34. The van der Waals surface area contributed by atoms with Crippen molar-refractivity contribution in [2.45, 2.75) is 6.10 Å². The van der Waals surface area contributed by atoms with Gasteiger partial charge < -0.3 is 18.3 Å². The molecule has 0 aromatic heterocycles. The van der Waals surface area contributed by atoms with E-state index in [0.29, 0.717) is 50.9 Å². The average molecular weight is 466 g/mol. The zero-order valence-corrected chi connectivity index (χ0v) is 18.6. The smallest absolute Gasteiger partial charge is 0.182 e. The van der Waals surface area contributed by atoms with Gasteiger partial charge in [0.25, 0.3) is 0 Å². The Labute approximate surface area is 198 Å². The molecule has 2 aromatic carbocycles. The van der Waals surface area contributed by atoms with Crippen LogP contribution in [-0.2, 0) is 4.74 Å². The molecule has 8 nitrogen and oxygen atoms in total. The van der Waals surface area contributed by atoms with Crippen LogP contribution in [0.1, 0.15) is 11.7 Å². The molecule has 0 radical (unpaired) electrons. The molecule has 172 valence electrons. The number of rotatable bonds is 5. The van der Waals surface area contributed by atoms with Crippen molar-refractivity contribution in [3.8, 4) is 28.7 Å². The summed E-state index contributed by atoms with van der Waals surface area (Å²) < 4.78 is 23.5. The largest absolute Gasteiger partial charge is 0.483 e. The lowest BCUT2D eigenvalue weighted by atomic mass is 10.1. The quantitative estimate of drug-likeness (QED) is 0.338. The van der Waals surface area contributed by atoms with Crippen LogP contribution in [0.4, 0.5) is 0 Å². The van der Waals surface area contributed by atoms with Gasteiger partial charge >= 0.3 is 0 Å². The molecule has 0 spiro atoms. The Bertz CT molecular complexity index is 1760. The lowest BCUT2D eigenvalue weighted by molar-refractivity contribution is 0.0810. The Morgan fingerprint density at radius 2 is 1.34 bits per heavy atom. The first-order valence-corrected chi connectivity index (χ1v) is 10.9. The summed E-state index contributed by atoms with van der Waals surface area (Å²) in [6, 6.07) is 19.9. The van der Waals surface area contributed by atoms with Gasteiger partial charge in [-0.15, -0.1) is 0 Å². The summed E-state index contributed by atoms with van der Waals surface area (Å²) in [7, 11) is 1.60. The van der Waals surface area contributed by atoms with Crippen molar-refractivity contribution in [1.82, 2.24) is 9.97 Å². The zero-order chi connectivity index (χ0) is 23.9. The van der Waals surface area contributed by atoms with Crippen LogP contribution in [0, 0.1) is 0 Å². The van der Waals surface area contributed by atoms with Crippen molar-refractivity contribution < 1.29 is 18.3 Å². The number of methoxy groups -OCH3 is 1. The molecule has 1 unspecified atom stereocenters. The van der Waals surface area contributed by atoms with Gasteiger partial charge in [-0.1, -0.05) is 6.07 Å². The maximum atomic E-state index is 11.7. The molecule has 0 bridgehead atoms. The van der Waals surface area contributed by atoms with Gasteiger partial charge in [0.05, 0.1) is 6.61 Å². The normalized spacial score (nSPS) is 12.5. The SMILES string of the molecule is COCC(Oc1ccc2nc3ccc(=O)cc-3oc2c1)c1ccc2nc3ccc(=O)cc-3oc2c1. The zero-order valence-electron chi connectivity index (χ0n) is 18.6. The highest BCUT2D eigenvalue weighted by Gasteiger charge is 2.18. The van der Waals surface area contributed by atoms with Crippen LogP contribution in [0.2, 0.25) is 0 Å². The number of nitrogens with zero attached hydrogens (tertiary/aromatic N) is 2. The van der Waals surface area contributed by atoms with E-state index in [1.165, 1.54) is 24.3 Å². The minimum absolute atomic E-state index is 0.144. The Balaban J connectivity index is 1.38. The van der Waals surface area contributed by atoms with Gasteiger partial charge in [-0.3, -0.25) is 9.59 Å². The van der Waals surface area contributed by atoms with E-state index in [-0.39, 0.29) is 17.5 Å². The number of hydrogen-bond acceptors (Lipinski definition) is 8. The molecule has 1 atom stereocenters. The maximum absolute atomic E-state index is 11.7. The van der Waals surface area contributed by atoms with Gasteiger partial charge in [-0.25, -0.2) is 9.97 Å². The van der Waals surface area contributed by atoms with Crippen molar-refractivity contribution in [3.05, 3.63) is 98.8 Å². The van der Waals surface area contributed by atoms with Gasteiger partial charge in [-0.2, -0.15) is 0 Å². The fraction of sp³-hybridized carbons (Fsp3) is 0.111. The summed E-state index contributed by atoms with van der Waals surface area (Å²) in [6.07, 6.45) is -0.458. The Hall–Kier alpha value is -4.56. The van der Waals surface area contributed by atoms with Crippen LogP contribution in [0.5, 0.6) is 5.75 Å². The van der Waals surface area contributed by atoms with Crippen LogP contribution in [0.25, 0.3) is 45.1 Å². The topological polar surface area (TPSA) is 105 Å². The van der Waals surface area contributed by atoms with E-state index in [2.05, 4.69) is 9.97 Å². The number of fused-ring (bicyclic) bond motifs is 4. The Morgan fingerprint density at radius 3 is 1.97 bits per heavy atom. The van der Waals surface area contributed by atoms with E-state index >= 15 is 0 Å². The highest BCUT2D eigenvalue weighted by atomic mass is 16.5. The standard InChI is InChI=1S/C27H18N2O6/c1-32-14-27(15-2-6-19-23(10-15)34-24-11-16(30)3-7-20(24)28-19)33-18-5-9-22-26(13-18)35-25-12-17(31)4-8-21(25)29-22/h2-13,27H,14H2,1H3. The van der Waals surface area contributed by atoms with E-state index in [1.807, 2.05) is 18.2 Å². The number of hydrogen-bond donors (Lipinski definition) is 0. The summed E-state index contributed by atoms with van der Waals surface area (Å²) in [4.78, 5) is 32.5. The van der Waals surface area contributed by atoms with Crippen LogP contribution < -0.4 is 15.6 Å². The minimum Gasteiger partial charge on any atom is -0.483 e. The molecule has 2 aliphatic carbocycles. The van der Waals surface area contributed by atoms with Crippen LogP contribution in [0.15, 0.2) is 91.2 Å². The molecule has 8 heteroatoms. The first kappa shape index (κ1) is 21.0. The van der Waals surface area contributed by atoms with Crippen molar-refractivity contribution in [2.75, 3.05) is 13.7 Å². The van der Waals surface area contributed by atoms with Crippen molar-refractivity contribution >= 4 is 22.2 Å². The molecule has 35 heavy (non-hydrogen) atoms. The second-order valence-electron chi connectivity index (χ2n) is 8.11. The number of aromatic nitrogens is 2. The third-order valence-corrected chi connectivity index (χ3v) is 5.67. The fourth-order valence-corrected chi connectivity index (χ4v) is 3.99. The molecule has 2 heterocycles. The molecular formula is C27H18N2O6. The molecule has 0 amide bonds. The van der Waals surface area contributed by atoms with Gasteiger partial charge in [0.1, 0.15) is 34.3 Å². The summed E-state index contributed by atoms with van der Waals surface area (Å²) in [5, 5.41) is 0. The summed E-state index contributed by atoms with van der Waals surface area (Å²) in [5.41, 5.74) is 4.07. The lowest BCUT2D eigenvalue weighted by Gasteiger charge is -2.19. The Morgan fingerprint density at radius 1 is 0.743 bits per heavy atom. The van der Waals surface area contributed by atoms with Gasteiger partial charge in [0.15, 0.2) is 33.5 Å². The van der Waals surface area contributed by atoms with Gasteiger partial charge in [0.2, 0.25) is 0 Å². The molecule has 0 fully saturated rings. The molecule has 4 aliphatic rings. The van der Waals surface area contributed by atoms with Crippen LogP contribution in [0.3, 0.4) is 0 Å². The Kier molecular flexibility index (Phi) is 5.00. The van der Waals surface area contributed by atoms with E-state index in [4.69, 9.17) is 18.3 Å². The molecule has 0 saturated carbocycles. The van der Waals surface area contributed by atoms with Crippen molar-refractivity contribution in [2.24, 2.45) is 0 Å². The molecule has 0 saturated heterocycles. The predicted octanol–water partition coefficient (Wildman–Crippen LogP) is 4.67.